The van der Waals surface area contributed by atoms with E-state index in [1.807, 2.05) is 18.2 Å². The Balaban J connectivity index is 1.25. The van der Waals surface area contributed by atoms with Gasteiger partial charge in [0.2, 0.25) is 5.91 Å². The van der Waals surface area contributed by atoms with Gasteiger partial charge >= 0.3 is 6.18 Å². The van der Waals surface area contributed by atoms with Gasteiger partial charge in [-0.2, -0.15) is 13.2 Å². The number of halogens is 3. The number of amides is 2. The van der Waals surface area contributed by atoms with Crippen LogP contribution in [0.5, 0.6) is 0 Å². The highest BCUT2D eigenvalue weighted by Crippen LogP contribution is 2.32. The minimum absolute atomic E-state index is 0.109. The predicted octanol–water partition coefficient (Wildman–Crippen LogP) is 5.00. The quantitative estimate of drug-likeness (QED) is 0.242. The number of hydrogen-bond acceptors (Lipinski definition) is 5. The van der Waals surface area contributed by atoms with Gasteiger partial charge in [0.05, 0.1) is 30.2 Å². The van der Waals surface area contributed by atoms with Crippen molar-refractivity contribution >= 4 is 23.2 Å². The Morgan fingerprint density at radius 2 is 1.81 bits per heavy atom. The number of imidazole rings is 1. The Morgan fingerprint density at radius 3 is 2.51 bits per heavy atom. The first-order valence-corrected chi connectivity index (χ1v) is 13.8. The zero-order chi connectivity index (χ0) is 30.7. The minimum atomic E-state index is -4.62. The van der Waals surface area contributed by atoms with Crippen molar-refractivity contribution in [1.29, 1.82) is 0 Å². The number of nitrogens with zero attached hydrogens (tertiary/aromatic N) is 3. The van der Waals surface area contributed by atoms with Gasteiger partial charge in [0.15, 0.2) is 0 Å². The molecule has 2 amide bonds. The summed E-state index contributed by atoms with van der Waals surface area (Å²) < 4.78 is 42.5. The molecule has 0 fully saturated rings. The summed E-state index contributed by atoms with van der Waals surface area (Å²) >= 11 is 0. The van der Waals surface area contributed by atoms with Gasteiger partial charge in [-0.3, -0.25) is 14.6 Å². The second-order valence-corrected chi connectivity index (χ2v) is 10.6. The molecule has 1 aliphatic heterocycles. The van der Waals surface area contributed by atoms with E-state index in [-0.39, 0.29) is 11.3 Å². The van der Waals surface area contributed by atoms with Gasteiger partial charge in [-0.05, 0) is 73.7 Å². The maximum Gasteiger partial charge on any atom is 0.416 e. The van der Waals surface area contributed by atoms with Crippen LogP contribution in [0.25, 0.3) is 5.69 Å². The maximum atomic E-state index is 13.7. The average molecular weight is 589 g/mol. The summed E-state index contributed by atoms with van der Waals surface area (Å²) in [5.74, 6) is -1.06. The lowest BCUT2D eigenvalue weighted by Gasteiger charge is -2.14. The van der Waals surface area contributed by atoms with Crippen LogP contribution in [-0.2, 0) is 30.4 Å². The summed E-state index contributed by atoms with van der Waals surface area (Å²) in [5.41, 5.74) is 10.8. The van der Waals surface area contributed by atoms with Gasteiger partial charge < -0.3 is 20.9 Å². The molecule has 4 N–H and O–H groups in total. The highest BCUT2D eigenvalue weighted by atomic mass is 19.4. The summed E-state index contributed by atoms with van der Waals surface area (Å²) in [6.45, 7) is 4.47. The van der Waals surface area contributed by atoms with Crippen molar-refractivity contribution in [2.24, 2.45) is 10.7 Å². The molecule has 1 aromatic heterocycles. The van der Waals surface area contributed by atoms with Crippen molar-refractivity contribution in [3.8, 4) is 5.69 Å². The molecule has 43 heavy (non-hydrogen) atoms. The standard InChI is InChI=1S/C32H31F3N6O2/c1-19-15-37-18-41(19)27-13-23(12-25(14-27)32(33,34)35)31(43)40-26-5-3-4-21(11-26)6-7-22-8-9-28-24(10-22)16-39-29(28)17-38-20(2)30(36)42/h3-5,8-15,18,20,38H,6-7,16-17H2,1-2H3,(H2,36,42)(H,40,43)/t20-/m0/s1. The molecule has 8 nitrogen and oxygen atoms in total. The van der Waals surface area contributed by atoms with Crippen molar-refractivity contribution in [2.45, 2.75) is 45.5 Å². The van der Waals surface area contributed by atoms with Gasteiger partial charge in [-0.25, -0.2) is 4.98 Å². The molecular formula is C32H31F3N6O2. The molecule has 222 valence electrons. The molecule has 2 heterocycles. The summed E-state index contributed by atoms with van der Waals surface area (Å²) in [4.78, 5) is 33.0. The van der Waals surface area contributed by atoms with Gasteiger partial charge in [-0.1, -0.05) is 30.3 Å². The topological polar surface area (TPSA) is 114 Å². The van der Waals surface area contributed by atoms with E-state index in [1.165, 1.54) is 23.2 Å². The molecule has 5 rings (SSSR count). The zero-order valence-electron chi connectivity index (χ0n) is 23.7. The van der Waals surface area contributed by atoms with E-state index in [4.69, 9.17) is 5.73 Å². The Bertz CT molecular complexity index is 1710. The first kappa shape index (κ1) is 29.7. The fourth-order valence-corrected chi connectivity index (χ4v) is 4.96. The number of rotatable bonds is 10. The molecule has 0 saturated heterocycles. The minimum Gasteiger partial charge on any atom is -0.368 e. The Morgan fingerprint density at radius 1 is 1.05 bits per heavy atom. The normalized spacial score (nSPS) is 13.4. The molecule has 0 spiro atoms. The molecule has 1 aliphatic rings. The average Bonchev–Trinajstić information content (AvgIpc) is 3.59. The summed E-state index contributed by atoms with van der Waals surface area (Å²) in [7, 11) is 0. The van der Waals surface area contributed by atoms with Crippen molar-refractivity contribution in [3.63, 3.8) is 0 Å². The Hall–Kier alpha value is -4.77. The van der Waals surface area contributed by atoms with Crippen LogP contribution in [0.4, 0.5) is 18.9 Å². The van der Waals surface area contributed by atoms with E-state index >= 15 is 0 Å². The third kappa shape index (κ3) is 7.00. The van der Waals surface area contributed by atoms with Crippen LogP contribution in [0.1, 0.15) is 50.8 Å². The molecule has 0 unspecified atom stereocenters. The number of nitrogens with one attached hydrogen (secondary N) is 2. The second kappa shape index (κ2) is 12.2. The SMILES string of the molecule is Cc1cncn1-c1cc(C(=O)Nc2cccc(CCc3ccc4c(c3)CN=C4CN[C@@H](C)C(N)=O)c2)cc(C(F)(F)F)c1. The molecule has 0 bridgehead atoms. The fourth-order valence-electron chi connectivity index (χ4n) is 4.96. The smallest absolute Gasteiger partial charge is 0.368 e. The van der Waals surface area contributed by atoms with Crippen molar-refractivity contribution < 1.29 is 22.8 Å². The maximum absolute atomic E-state index is 13.7. The summed E-state index contributed by atoms with van der Waals surface area (Å²) in [6, 6.07) is 16.3. The van der Waals surface area contributed by atoms with Gasteiger partial charge in [-0.15, -0.1) is 0 Å². The molecule has 4 aromatic rings. The van der Waals surface area contributed by atoms with E-state index < -0.39 is 29.6 Å². The van der Waals surface area contributed by atoms with E-state index in [0.29, 0.717) is 30.9 Å². The highest BCUT2D eigenvalue weighted by Gasteiger charge is 2.32. The number of carbonyl (C=O) groups is 2. The predicted molar refractivity (Wildman–Crippen MR) is 158 cm³/mol. The molecule has 0 aliphatic carbocycles. The summed E-state index contributed by atoms with van der Waals surface area (Å²) in [6.07, 6.45) is -0.232. The van der Waals surface area contributed by atoms with Crippen LogP contribution in [0.3, 0.4) is 0 Å². The number of carbonyl (C=O) groups excluding carboxylic acids is 2. The summed E-state index contributed by atoms with van der Waals surface area (Å²) in [5, 5.41) is 5.83. The molecule has 1 atom stereocenters. The van der Waals surface area contributed by atoms with Crippen LogP contribution in [0, 0.1) is 6.92 Å². The Labute approximate surface area is 246 Å². The second-order valence-electron chi connectivity index (χ2n) is 10.6. The fraction of sp³-hybridized carbons (Fsp3) is 0.250. The molecule has 11 heteroatoms. The lowest BCUT2D eigenvalue weighted by molar-refractivity contribution is -0.137. The molecule has 0 saturated carbocycles. The lowest BCUT2D eigenvalue weighted by Crippen LogP contribution is -2.41. The Kier molecular flexibility index (Phi) is 8.45. The lowest BCUT2D eigenvalue weighted by atomic mass is 9.98. The van der Waals surface area contributed by atoms with E-state index in [1.54, 1.807) is 26.0 Å². The number of fused-ring (bicyclic) bond motifs is 1. The highest BCUT2D eigenvalue weighted by molar-refractivity contribution is 6.05. The van der Waals surface area contributed by atoms with E-state index in [9.17, 15) is 22.8 Å². The third-order valence-electron chi connectivity index (χ3n) is 7.42. The zero-order valence-corrected chi connectivity index (χ0v) is 23.7. The van der Waals surface area contributed by atoms with Crippen LogP contribution < -0.4 is 16.4 Å². The first-order valence-electron chi connectivity index (χ1n) is 13.8. The largest absolute Gasteiger partial charge is 0.416 e. The number of nitrogens with two attached hydrogens (primary N) is 1. The number of hydrogen-bond donors (Lipinski definition) is 3. The number of alkyl halides is 3. The van der Waals surface area contributed by atoms with Crippen LogP contribution in [0.15, 0.2) is 78.2 Å². The number of benzene rings is 3. The first-order chi connectivity index (χ1) is 20.5. The number of aryl methyl sites for hydroxylation is 3. The molecular weight excluding hydrogens is 557 g/mol. The number of aromatic nitrogens is 2. The van der Waals surface area contributed by atoms with Gasteiger partial charge in [0, 0.05) is 40.9 Å². The third-order valence-corrected chi connectivity index (χ3v) is 7.42. The van der Waals surface area contributed by atoms with Crippen LogP contribution >= 0.6 is 0 Å². The number of aliphatic imine (C=N–C) groups is 1. The van der Waals surface area contributed by atoms with Gasteiger partial charge in [0.1, 0.15) is 0 Å². The molecule has 0 radical (unpaired) electrons. The van der Waals surface area contributed by atoms with Crippen molar-refractivity contribution in [1.82, 2.24) is 14.9 Å². The monoisotopic (exact) mass is 588 g/mol. The van der Waals surface area contributed by atoms with Crippen molar-refractivity contribution in [2.75, 3.05) is 11.9 Å². The van der Waals surface area contributed by atoms with Gasteiger partial charge in [0.25, 0.3) is 5.91 Å². The van der Waals surface area contributed by atoms with Crippen molar-refractivity contribution in [3.05, 3.63) is 112 Å². The van der Waals surface area contributed by atoms with Crippen LogP contribution in [-0.4, -0.2) is 39.7 Å². The van der Waals surface area contributed by atoms with E-state index in [2.05, 4.69) is 32.7 Å². The number of anilines is 1. The molecule has 3 aromatic carbocycles. The van der Waals surface area contributed by atoms with Crippen LogP contribution in [0.2, 0.25) is 0 Å². The number of primary amides is 1. The van der Waals surface area contributed by atoms with E-state index in [0.717, 1.165) is 46.5 Å².